The molecular formula is C11H15NO4. The van der Waals surface area contributed by atoms with E-state index in [-0.39, 0.29) is 6.61 Å². The lowest BCUT2D eigenvalue weighted by atomic mass is 10.1. The maximum absolute atomic E-state index is 11.3. The van der Waals surface area contributed by atoms with Crippen molar-refractivity contribution in [3.8, 4) is 0 Å². The monoisotopic (exact) mass is 225 g/mol. The van der Waals surface area contributed by atoms with Crippen LogP contribution in [-0.2, 0) is 16.1 Å². The minimum Gasteiger partial charge on any atom is -0.460 e. The van der Waals surface area contributed by atoms with Crippen LogP contribution in [0.5, 0.6) is 0 Å². The van der Waals surface area contributed by atoms with Gasteiger partial charge in [0.15, 0.2) is 0 Å². The maximum Gasteiger partial charge on any atom is 0.316 e. The van der Waals surface area contributed by atoms with Crippen LogP contribution in [0.4, 0.5) is 0 Å². The molecule has 0 amide bonds. The maximum atomic E-state index is 11.3. The van der Waals surface area contributed by atoms with Crippen LogP contribution in [0.2, 0.25) is 0 Å². The second-order valence-corrected chi connectivity index (χ2v) is 3.60. The fraction of sp³-hybridized carbons (Fsp3) is 0.364. The second kappa shape index (κ2) is 5.07. The fourth-order valence-corrected chi connectivity index (χ4v) is 1.03. The molecule has 1 aromatic carbocycles. The van der Waals surface area contributed by atoms with Gasteiger partial charge in [-0.3, -0.25) is 10.5 Å². The predicted molar refractivity (Wildman–Crippen MR) is 56.8 cm³/mol. The summed E-state index contributed by atoms with van der Waals surface area (Å²) in [5.74, 6) is -4.50. The molecule has 5 heteroatoms. The zero-order chi connectivity index (χ0) is 12.2. The van der Waals surface area contributed by atoms with Gasteiger partial charge in [0.05, 0.1) is 0 Å². The van der Waals surface area contributed by atoms with Crippen LogP contribution in [0.1, 0.15) is 12.5 Å². The topological polar surface area (TPSA) is 92.8 Å². The molecular weight excluding hydrogens is 210 g/mol. The average molecular weight is 225 g/mol. The number of nitrogens with two attached hydrogens (primary N) is 1. The summed E-state index contributed by atoms with van der Waals surface area (Å²) in [4.78, 5) is 11.3. The van der Waals surface area contributed by atoms with Crippen LogP contribution in [0, 0.1) is 5.92 Å². The summed E-state index contributed by atoms with van der Waals surface area (Å²) >= 11 is 0. The Morgan fingerprint density at radius 3 is 2.50 bits per heavy atom. The summed E-state index contributed by atoms with van der Waals surface area (Å²) in [5.41, 5.74) is 5.78. The molecule has 0 aliphatic carbocycles. The molecule has 0 aromatic heterocycles. The van der Waals surface area contributed by atoms with Crippen molar-refractivity contribution in [1.29, 1.82) is 0 Å². The summed E-state index contributed by atoms with van der Waals surface area (Å²) in [6.07, 6.45) is 0. The molecule has 4 N–H and O–H groups in total. The number of hydrogen-bond donors (Lipinski definition) is 3. The Hall–Kier alpha value is -1.43. The van der Waals surface area contributed by atoms with Gasteiger partial charge in [-0.15, -0.1) is 0 Å². The minimum atomic E-state index is -2.55. The molecule has 5 nitrogen and oxygen atoms in total. The van der Waals surface area contributed by atoms with Crippen molar-refractivity contribution in [2.24, 2.45) is 11.7 Å². The highest BCUT2D eigenvalue weighted by Crippen LogP contribution is 2.11. The van der Waals surface area contributed by atoms with Gasteiger partial charge in [0, 0.05) is 0 Å². The summed E-state index contributed by atoms with van der Waals surface area (Å²) in [5, 5.41) is 18.0. The third kappa shape index (κ3) is 3.62. The first-order chi connectivity index (χ1) is 7.41. The number of esters is 1. The Bertz CT molecular complexity index is 345. The van der Waals surface area contributed by atoms with Crippen LogP contribution in [0.15, 0.2) is 30.3 Å². The minimum absolute atomic E-state index is 0.0834. The molecule has 0 fully saturated rings. The molecule has 1 unspecified atom stereocenters. The summed E-state index contributed by atoms with van der Waals surface area (Å²) in [6.45, 7) is 1.37. The highest BCUT2D eigenvalue weighted by Gasteiger charge is 2.33. The van der Waals surface area contributed by atoms with Crippen molar-refractivity contribution >= 4 is 5.97 Å². The number of hydrogen-bond acceptors (Lipinski definition) is 5. The molecule has 0 saturated carbocycles. The SMILES string of the molecule is CC(C(=O)OCc1ccccc1)C(N)(O)O. The molecule has 0 spiro atoms. The molecule has 1 aromatic rings. The van der Waals surface area contributed by atoms with Gasteiger partial charge < -0.3 is 14.9 Å². The van der Waals surface area contributed by atoms with Crippen molar-refractivity contribution in [2.45, 2.75) is 19.4 Å². The summed E-state index contributed by atoms with van der Waals surface area (Å²) in [6, 6.07) is 9.08. The molecule has 16 heavy (non-hydrogen) atoms. The highest BCUT2D eigenvalue weighted by molar-refractivity contribution is 5.72. The lowest BCUT2D eigenvalue weighted by Crippen LogP contribution is -2.49. The van der Waals surface area contributed by atoms with Crippen LogP contribution in [-0.4, -0.2) is 22.1 Å². The lowest BCUT2D eigenvalue weighted by Gasteiger charge is -2.21. The Kier molecular flexibility index (Phi) is 4.00. The number of carbonyl (C=O) groups excluding carboxylic acids is 1. The van der Waals surface area contributed by atoms with Crippen molar-refractivity contribution in [3.63, 3.8) is 0 Å². The van der Waals surface area contributed by atoms with E-state index in [2.05, 4.69) is 0 Å². The van der Waals surface area contributed by atoms with Crippen molar-refractivity contribution in [2.75, 3.05) is 0 Å². The van der Waals surface area contributed by atoms with Gasteiger partial charge in [0.1, 0.15) is 12.5 Å². The van der Waals surface area contributed by atoms with E-state index in [1.807, 2.05) is 18.2 Å². The van der Waals surface area contributed by atoms with Crippen LogP contribution >= 0.6 is 0 Å². The largest absolute Gasteiger partial charge is 0.460 e. The van der Waals surface area contributed by atoms with E-state index >= 15 is 0 Å². The fourth-order valence-electron chi connectivity index (χ4n) is 1.03. The van der Waals surface area contributed by atoms with E-state index in [1.54, 1.807) is 12.1 Å². The van der Waals surface area contributed by atoms with Crippen LogP contribution in [0.3, 0.4) is 0 Å². The first-order valence-electron chi connectivity index (χ1n) is 4.85. The molecule has 0 aliphatic rings. The molecule has 0 radical (unpaired) electrons. The normalized spacial score (nSPS) is 13.2. The van der Waals surface area contributed by atoms with Gasteiger partial charge in [-0.2, -0.15) is 0 Å². The summed E-state index contributed by atoms with van der Waals surface area (Å²) in [7, 11) is 0. The van der Waals surface area contributed by atoms with Crippen molar-refractivity contribution in [3.05, 3.63) is 35.9 Å². The summed E-state index contributed by atoms with van der Waals surface area (Å²) < 4.78 is 4.88. The van der Waals surface area contributed by atoms with E-state index in [0.29, 0.717) is 0 Å². The van der Waals surface area contributed by atoms with E-state index in [1.165, 1.54) is 6.92 Å². The molecule has 0 aliphatic heterocycles. The number of carbonyl (C=O) groups is 1. The Labute approximate surface area is 93.5 Å². The first-order valence-corrected chi connectivity index (χ1v) is 4.85. The standard InChI is InChI=1S/C11H15NO4/c1-8(11(12,14)15)10(13)16-7-9-5-3-2-4-6-9/h2-6,8,14-15H,7,12H2,1H3. The van der Waals surface area contributed by atoms with E-state index in [4.69, 9.17) is 20.7 Å². The van der Waals surface area contributed by atoms with Gasteiger partial charge in [-0.25, -0.2) is 0 Å². The number of aliphatic hydroxyl groups is 2. The average Bonchev–Trinajstić information content (AvgIpc) is 2.25. The third-order valence-electron chi connectivity index (χ3n) is 2.21. The Morgan fingerprint density at radius 2 is 2.00 bits per heavy atom. The Morgan fingerprint density at radius 1 is 1.44 bits per heavy atom. The smallest absolute Gasteiger partial charge is 0.316 e. The van der Waals surface area contributed by atoms with Crippen molar-refractivity contribution in [1.82, 2.24) is 0 Å². The molecule has 1 rings (SSSR count). The highest BCUT2D eigenvalue weighted by atomic mass is 16.6. The lowest BCUT2D eigenvalue weighted by molar-refractivity contribution is -0.206. The zero-order valence-corrected chi connectivity index (χ0v) is 8.96. The molecule has 0 saturated heterocycles. The molecule has 88 valence electrons. The number of ether oxygens (including phenoxy) is 1. The predicted octanol–water partition coefficient (Wildman–Crippen LogP) is -0.0370. The first kappa shape index (κ1) is 12.6. The Balaban J connectivity index is 2.48. The van der Waals surface area contributed by atoms with Gasteiger partial charge in [-0.05, 0) is 12.5 Å². The van der Waals surface area contributed by atoms with Gasteiger partial charge in [0.2, 0.25) is 5.91 Å². The third-order valence-corrected chi connectivity index (χ3v) is 2.21. The zero-order valence-electron chi connectivity index (χ0n) is 8.96. The molecule has 0 bridgehead atoms. The van der Waals surface area contributed by atoms with Crippen molar-refractivity contribution < 1.29 is 19.7 Å². The number of rotatable bonds is 4. The van der Waals surface area contributed by atoms with Gasteiger partial charge in [-0.1, -0.05) is 30.3 Å². The van der Waals surface area contributed by atoms with E-state index < -0.39 is 17.8 Å². The van der Waals surface area contributed by atoms with Crippen LogP contribution < -0.4 is 5.73 Å². The van der Waals surface area contributed by atoms with E-state index in [9.17, 15) is 4.79 Å². The molecule has 1 atom stereocenters. The molecule has 0 heterocycles. The van der Waals surface area contributed by atoms with E-state index in [0.717, 1.165) is 5.56 Å². The van der Waals surface area contributed by atoms with Gasteiger partial charge in [0.25, 0.3) is 0 Å². The quantitative estimate of drug-likeness (QED) is 0.494. The number of benzene rings is 1. The van der Waals surface area contributed by atoms with Gasteiger partial charge >= 0.3 is 5.97 Å². The second-order valence-electron chi connectivity index (χ2n) is 3.60. The van der Waals surface area contributed by atoms with Crippen LogP contribution in [0.25, 0.3) is 0 Å².